The highest BCUT2D eigenvalue weighted by molar-refractivity contribution is 8.16. The Morgan fingerprint density at radius 3 is 2.89 bits per heavy atom. The second kappa shape index (κ2) is 6.16. The Morgan fingerprint density at radius 1 is 1.28 bits per heavy atom. The fourth-order valence-corrected chi connectivity index (χ4v) is 2.16. The molecule has 0 saturated heterocycles. The van der Waals surface area contributed by atoms with Crippen LogP contribution in [-0.2, 0) is 0 Å². The molecule has 92 valence electrons. The van der Waals surface area contributed by atoms with E-state index in [1.54, 1.807) is 26.5 Å². The van der Waals surface area contributed by atoms with Crippen molar-refractivity contribution in [2.75, 3.05) is 18.8 Å². The zero-order chi connectivity index (χ0) is 12.8. The van der Waals surface area contributed by atoms with Gasteiger partial charge < -0.3 is 4.72 Å². The lowest BCUT2D eigenvalue weighted by molar-refractivity contribution is 1.41. The van der Waals surface area contributed by atoms with Gasteiger partial charge in [-0.2, -0.15) is 0 Å². The van der Waals surface area contributed by atoms with Gasteiger partial charge in [-0.25, -0.2) is 0 Å². The van der Waals surface area contributed by atoms with Crippen molar-refractivity contribution in [3.63, 3.8) is 0 Å². The third kappa shape index (κ3) is 2.87. The van der Waals surface area contributed by atoms with Crippen molar-refractivity contribution in [3.05, 3.63) is 36.5 Å². The molecule has 0 saturated carbocycles. The van der Waals surface area contributed by atoms with Crippen LogP contribution in [0.2, 0.25) is 0 Å². The van der Waals surface area contributed by atoms with Gasteiger partial charge in [0.05, 0.1) is 17.4 Å². The minimum absolute atomic E-state index is 0.824. The summed E-state index contributed by atoms with van der Waals surface area (Å²) in [5, 5.41) is 1.94. The molecular formula is C13H14N4S. The maximum absolute atomic E-state index is 4.38. The quantitative estimate of drug-likeness (QED) is 0.523. The molecule has 4 nitrogen and oxygen atoms in total. The first kappa shape index (κ1) is 12.6. The fourth-order valence-electron chi connectivity index (χ4n) is 1.53. The summed E-state index contributed by atoms with van der Waals surface area (Å²) in [5.41, 5.74) is 1.93. The molecule has 0 unspecified atom stereocenters. The fraction of sp³-hybridized carbons (Fsp3) is 0.154. The zero-order valence-electron chi connectivity index (χ0n) is 10.3. The predicted molar refractivity (Wildman–Crippen MR) is 80.7 cm³/mol. The van der Waals surface area contributed by atoms with Crippen molar-refractivity contribution in [1.29, 1.82) is 0 Å². The normalized spacial score (nSPS) is 12.2. The summed E-state index contributed by atoms with van der Waals surface area (Å²) >= 11 is 1.42. The second-order valence-corrected chi connectivity index (χ2v) is 4.36. The Labute approximate surface area is 110 Å². The van der Waals surface area contributed by atoms with Crippen LogP contribution in [0.3, 0.4) is 0 Å². The van der Waals surface area contributed by atoms with Crippen molar-refractivity contribution in [2.45, 2.75) is 0 Å². The maximum Gasteiger partial charge on any atom is 0.129 e. The van der Waals surface area contributed by atoms with Crippen LogP contribution in [0.5, 0.6) is 0 Å². The van der Waals surface area contributed by atoms with Crippen molar-refractivity contribution < 1.29 is 0 Å². The third-order valence-electron chi connectivity index (χ3n) is 2.36. The van der Waals surface area contributed by atoms with E-state index in [1.165, 1.54) is 11.9 Å². The molecule has 0 aliphatic carbocycles. The maximum atomic E-state index is 4.38. The highest BCUT2D eigenvalue weighted by Gasteiger charge is 2.02. The Morgan fingerprint density at radius 2 is 2.11 bits per heavy atom. The minimum atomic E-state index is 0.824. The van der Waals surface area contributed by atoms with Gasteiger partial charge in [-0.3, -0.25) is 15.0 Å². The highest BCUT2D eigenvalue weighted by atomic mass is 32.2. The second-order valence-electron chi connectivity index (χ2n) is 3.53. The first-order chi connectivity index (χ1) is 8.85. The average molecular weight is 258 g/mol. The van der Waals surface area contributed by atoms with Gasteiger partial charge in [-0.05, 0) is 12.1 Å². The summed E-state index contributed by atoms with van der Waals surface area (Å²) in [4.78, 5) is 12.5. The molecule has 1 N–H and O–H groups in total. The minimum Gasteiger partial charge on any atom is -0.322 e. The lowest BCUT2D eigenvalue weighted by Gasteiger charge is -2.07. The number of rotatable bonds is 3. The molecule has 0 radical (unpaired) electrons. The lowest BCUT2D eigenvalue weighted by atomic mass is 10.2. The van der Waals surface area contributed by atoms with E-state index in [2.05, 4.69) is 19.7 Å². The van der Waals surface area contributed by atoms with Gasteiger partial charge in [-0.15, -0.1) is 0 Å². The molecule has 1 heterocycles. The summed E-state index contributed by atoms with van der Waals surface area (Å²) in [5.74, 6) is 0. The van der Waals surface area contributed by atoms with E-state index in [0.717, 1.165) is 21.6 Å². The number of hydrogen-bond donors (Lipinski definition) is 1. The molecule has 1 aromatic heterocycles. The van der Waals surface area contributed by atoms with Crippen LogP contribution in [0.1, 0.15) is 0 Å². The molecule has 2 aromatic rings. The molecular weight excluding hydrogens is 244 g/mol. The number of para-hydroxylation sites is 1. The number of aromatic nitrogens is 1. The van der Waals surface area contributed by atoms with Gasteiger partial charge in [0.1, 0.15) is 5.04 Å². The summed E-state index contributed by atoms with van der Waals surface area (Å²) in [6, 6.07) is 10.0. The molecule has 0 aliphatic heterocycles. The number of pyridine rings is 1. The number of nitrogens with one attached hydrogen (secondary N) is 1. The molecule has 0 spiro atoms. The number of hydrogen-bond acceptors (Lipinski definition) is 5. The number of anilines is 1. The molecule has 0 bridgehead atoms. The van der Waals surface area contributed by atoms with Crippen molar-refractivity contribution in [2.24, 2.45) is 9.98 Å². The molecule has 0 amide bonds. The molecule has 5 heteroatoms. The Kier molecular flexibility index (Phi) is 4.30. The smallest absolute Gasteiger partial charge is 0.129 e. The first-order valence-electron chi connectivity index (χ1n) is 5.50. The predicted octanol–water partition coefficient (Wildman–Crippen LogP) is 3.02. The van der Waals surface area contributed by atoms with Crippen molar-refractivity contribution in [1.82, 2.24) is 4.98 Å². The Balaban J connectivity index is 2.22. The van der Waals surface area contributed by atoms with Gasteiger partial charge in [0, 0.05) is 37.6 Å². The van der Waals surface area contributed by atoms with Crippen LogP contribution in [0.25, 0.3) is 10.9 Å². The molecule has 0 fully saturated rings. The van der Waals surface area contributed by atoms with E-state index in [1.807, 2.05) is 30.3 Å². The summed E-state index contributed by atoms with van der Waals surface area (Å²) in [6.07, 6.45) is 3.51. The van der Waals surface area contributed by atoms with E-state index in [-0.39, 0.29) is 0 Å². The molecule has 0 atom stereocenters. The van der Waals surface area contributed by atoms with Crippen LogP contribution < -0.4 is 4.72 Å². The SMILES string of the molecule is CN=CC(=NC)SNc1cccc2cccnc12. The standard InChI is InChI=1S/C13H14N4S/c1-14-9-12(15-2)18-17-11-7-3-5-10-6-4-8-16-13(10)11/h3-9,17H,1-2H3. The van der Waals surface area contributed by atoms with Crippen LogP contribution in [0.15, 0.2) is 46.5 Å². The monoisotopic (exact) mass is 258 g/mol. The first-order valence-corrected chi connectivity index (χ1v) is 6.32. The number of fused-ring (bicyclic) bond motifs is 1. The van der Waals surface area contributed by atoms with Crippen LogP contribution in [-0.4, -0.2) is 30.3 Å². The highest BCUT2D eigenvalue weighted by Crippen LogP contribution is 2.23. The van der Waals surface area contributed by atoms with Gasteiger partial charge in [-0.1, -0.05) is 18.2 Å². The largest absolute Gasteiger partial charge is 0.322 e. The van der Waals surface area contributed by atoms with Crippen LogP contribution >= 0.6 is 11.9 Å². The molecule has 0 aliphatic rings. The van der Waals surface area contributed by atoms with Gasteiger partial charge in [0.2, 0.25) is 0 Å². The van der Waals surface area contributed by atoms with E-state index < -0.39 is 0 Å². The summed E-state index contributed by atoms with van der Waals surface area (Å²) in [7, 11) is 3.47. The summed E-state index contributed by atoms with van der Waals surface area (Å²) < 4.78 is 3.26. The van der Waals surface area contributed by atoms with Gasteiger partial charge in [0.15, 0.2) is 0 Å². The molecule has 18 heavy (non-hydrogen) atoms. The Hall–Kier alpha value is -1.88. The molecule has 1 aromatic carbocycles. The Bertz CT molecular complexity index is 587. The average Bonchev–Trinajstić information content (AvgIpc) is 2.43. The van der Waals surface area contributed by atoms with Crippen molar-refractivity contribution in [3.8, 4) is 0 Å². The third-order valence-corrected chi connectivity index (χ3v) is 3.18. The molecule has 2 rings (SSSR count). The lowest BCUT2D eigenvalue weighted by Crippen LogP contribution is -1.99. The topological polar surface area (TPSA) is 49.6 Å². The number of nitrogens with zero attached hydrogens (tertiary/aromatic N) is 3. The van der Waals surface area contributed by atoms with E-state index in [9.17, 15) is 0 Å². The van der Waals surface area contributed by atoms with E-state index in [4.69, 9.17) is 0 Å². The van der Waals surface area contributed by atoms with E-state index in [0.29, 0.717) is 0 Å². The van der Waals surface area contributed by atoms with Crippen LogP contribution in [0, 0.1) is 0 Å². The van der Waals surface area contributed by atoms with E-state index >= 15 is 0 Å². The van der Waals surface area contributed by atoms with Crippen LogP contribution in [0.4, 0.5) is 5.69 Å². The number of aliphatic imine (C=N–C) groups is 2. The zero-order valence-corrected chi connectivity index (χ0v) is 11.1. The van der Waals surface area contributed by atoms with Gasteiger partial charge in [0.25, 0.3) is 0 Å². The summed E-state index contributed by atoms with van der Waals surface area (Å²) in [6.45, 7) is 0. The number of benzene rings is 1. The van der Waals surface area contributed by atoms with Crippen molar-refractivity contribution >= 4 is 39.8 Å². The van der Waals surface area contributed by atoms with Gasteiger partial charge >= 0.3 is 0 Å².